The lowest BCUT2D eigenvalue weighted by Gasteiger charge is -2.28. The lowest BCUT2D eigenvalue weighted by Crippen LogP contribution is -2.48. The maximum atomic E-state index is 13.0. The molecule has 1 amide bonds. The Morgan fingerprint density at radius 1 is 1.22 bits per heavy atom. The number of alkyl halides is 5. The second-order valence-corrected chi connectivity index (χ2v) is 3.69. The van der Waals surface area contributed by atoms with Crippen LogP contribution < -0.4 is 5.32 Å². The first-order chi connectivity index (χ1) is 7.98. The van der Waals surface area contributed by atoms with Crippen LogP contribution in [0.5, 0.6) is 0 Å². The van der Waals surface area contributed by atoms with E-state index in [1.54, 1.807) is 0 Å². The second-order valence-electron chi connectivity index (χ2n) is 3.69. The van der Waals surface area contributed by atoms with Crippen molar-refractivity contribution in [3.63, 3.8) is 0 Å². The number of rotatable bonds is 6. The van der Waals surface area contributed by atoms with Crippen molar-refractivity contribution in [2.24, 2.45) is 5.92 Å². The predicted octanol–water partition coefficient (Wildman–Crippen LogP) is 1.80. The fourth-order valence-electron chi connectivity index (χ4n) is 1.21. The molecule has 2 N–H and O–H groups in total. The summed E-state index contributed by atoms with van der Waals surface area (Å²) in [6.07, 6.45) is -7.51. The molecule has 0 radical (unpaired) electrons. The molecular weight excluding hydrogens is 265 g/mol. The first kappa shape index (κ1) is 16.6. The van der Waals surface area contributed by atoms with Gasteiger partial charge in [-0.3, -0.25) is 9.59 Å². The number of hydrogen-bond donors (Lipinski definition) is 2. The zero-order valence-electron chi connectivity index (χ0n) is 9.35. The Morgan fingerprint density at radius 2 is 1.72 bits per heavy atom. The molecule has 0 aromatic carbocycles. The predicted molar refractivity (Wildman–Crippen MR) is 50.0 cm³/mol. The number of halogens is 5. The molecule has 0 aliphatic carbocycles. The van der Waals surface area contributed by atoms with E-state index in [0.29, 0.717) is 0 Å². The van der Waals surface area contributed by atoms with Gasteiger partial charge in [-0.1, -0.05) is 0 Å². The normalized spacial score (nSPS) is 14.1. The molecule has 1 atom stereocenters. The van der Waals surface area contributed by atoms with Gasteiger partial charge in [0.25, 0.3) is 0 Å². The topological polar surface area (TPSA) is 66.4 Å². The van der Waals surface area contributed by atoms with Crippen molar-refractivity contribution in [2.75, 3.05) is 6.54 Å². The number of carbonyl (C=O) groups excluding carboxylic acids is 1. The Hall–Kier alpha value is -1.41. The quantitative estimate of drug-likeness (QED) is 0.727. The van der Waals surface area contributed by atoms with Crippen LogP contribution >= 0.6 is 0 Å². The van der Waals surface area contributed by atoms with Gasteiger partial charge in [-0.05, 0) is 6.42 Å². The average Bonchev–Trinajstić information content (AvgIpc) is 2.14. The lowest BCUT2D eigenvalue weighted by molar-refractivity contribution is -0.302. The standard InChI is InChI=1S/C9H12F5NO3/c1-5(16)15-4-6(2-3-7(17)18)8(10,11)9(12,13)14/h6H,2-4H2,1H3,(H,15,16)(H,17,18). The molecule has 18 heavy (non-hydrogen) atoms. The summed E-state index contributed by atoms with van der Waals surface area (Å²) in [6, 6.07) is 0. The van der Waals surface area contributed by atoms with Gasteiger partial charge >= 0.3 is 18.1 Å². The summed E-state index contributed by atoms with van der Waals surface area (Å²) in [5, 5.41) is 10.1. The summed E-state index contributed by atoms with van der Waals surface area (Å²) in [4.78, 5) is 20.7. The molecule has 0 saturated carbocycles. The van der Waals surface area contributed by atoms with E-state index in [9.17, 15) is 31.5 Å². The highest BCUT2D eigenvalue weighted by Gasteiger charge is 2.61. The molecule has 0 saturated heterocycles. The highest BCUT2D eigenvalue weighted by molar-refractivity contribution is 5.72. The number of carboxylic acid groups (broad SMARTS) is 1. The minimum absolute atomic E-state index is 0.770. The van der Waals surface area contributed by atoms with Gasteiger partial charge < -0.3 is 10.4 Å². The average molecular weight is 277 g/mol. The third-order valence-corrected chi connectivity index (χ3v) is 2.19. The molecule has 0 aromatic rings. The van der Waals surface area contributed by atoms with Gasteiger partial charge in [-0.25, -0.2) is 0 Å². The van der Waals surface area contributed by atoms with Crippen molar-refractivity contribution >= 4 is 11.9 Å². The van der Waals surface area contributed by atoms with Gasteiger partial charge in [0.05, 0.1) is 5.92 Å². The molecule has 0 fully saturated rings. The zero-order valence-corrected chi connectivity index (χ0v) is 9.35. The van der Waals surface area contributed by atoms with E-state index < -0.39 is 49.3 Å². The number of amides is 1. The van der Waals surface area contributed by atoms with Crippen LogP contribution in [0, 0.1) is 5.92 Å². The number of nitrogens with one attached hydrogen (secondary N) is 1. The SMILES string of the molecule is CC(=O)NCC(CCC(=O)O)C(F)(F)C(F)(F)F. The summed E-state index contributed by atoms with van der Waals surface area (Å²) in [7, 11) is 0. The van der Waals surface area contributed by atoms with Gasteiger partial charge in [0.15, 0.2) is 0 Å². The first-order valence-corrected chi connectivity index (χ1v) is 4.89. The molecule has 1 unspecified atom stereocenters. The van der Waals surface area contributed by atoms with E-state index in [-0.39, 0.29) is 0 Å². The van der Waals surface area contributed by atoms with E-state index in [1.165, 1.54) is 0 Å². The maximum Gasteiger partial charge on any atom is 0.453 e. The smallest absolute Gasteiger partial charge is 0.453 e. The molecule has 0 rings (SSSR count). The van der Waals surface area contributed by atoms with Crippen molar-refractivity contribution in [2.45, 2.75) is 31.9 Å². The van der Waals surface area contributed by atoms with Crippen molar-refractivity contribution in [1.29, 1.82) is 0 Å². The summed E-state index contributed by atoms with van der Waals surface area (Å²) in [6.45, 7) is 0.0229. The van der Waals surface area contributed by atoms with E-state index in [1.807, 2.05) is 5.32 Å². The molecule has 4 nitrogen and oxygen atoms in total. The second kappa shape index (κ2) is 5.96. The number of carboxylic acids is 1. The minimum Gasteiger partial charge on any atom is -0.481 e. The highest BCUT2D eigenvalue weighted by Crippen LogP contribution is 2.42. The third kappa shape index (κ3) is 4.84. The van der Waals surface area contributed by atoms with E-state index in [4.69, 9.17) is 5.11 Å². The summed E-state index contributed by atoms with van der Waals surface area (Å²) in [5.74, 6) is -9.61. The molecule has 0 aliphatic rings. The van der Waals surface area contributed by atoms with E-state index in [0.717, 1.165) is 6.92 Å². The van der Waals surface area contributed by atoms with E-state index in [2.05, 4.69) is 0 Å². The van der Waals surface area contributed by atoms with Crippen LogP contribution in [0.3, 0.4) is 0 Å². The van der Waals surface area contributed by atoms with Crippen LogP contribution in [-0.4, -0.2) is 35.6 Å². The number of aliphatic carboxylic acids is 1. The number of carbonyl (C=O) groups is 2. The van der Waals surface area contributed by atoms with Crippen LogP contribution in [0.4, 0.5) is 22.0 Å². The van der Waals surface area contributed by atoms with Crippen molar-refractivity contribution in [3.05, 3.63) is 0 Å². The van der Waals surface area contributed by atoms with Crippen LogP contribution in [0.1, 0.15) is 19.8 Å². The monoisotopic (exact) mass is 277 g/mol. The van der Waals surface area contributed by atoms with Crippen LogP contribution in [0.15, 0.2) is 0 Å². The van der Waals surface area contributed by atoms with Gasteiger partial charge in [-0.2, -0.15) is 22.0 Å². The zero-order chi connectivity index (χ0) is 14.6. The Morgan fingerprint density at radius 3 is 2.06 bits per heavy atom. The van der Waals surface area contributed by atoms with Crippen LogP contribution in [0.25, 0.3) is 0 Å². The molecule has 0 aliphatic heterocycles. The Kier molecular flexibility index (Phi) is 5.50. The minimum atomic E-state index is -5.78. The molecule has 0 aromatic heterocycles. The van der Waals surface area contributed by atoms with E-state index >= 15 is 0 Å². The molecule has 0 heterocycles. The Balaban J connectivity index is 4.83. The largest absolute Gasteiger partial charge is 0.481 e. The lowest BCUT2D eigenvalue weighted by atomic mass is 9.95. The molecule has 0 bridgehead atoms. The third-order valence-electron chi connectivity index (χ3n) is 2.19. The van der Waals surface area contributed by atoms with Crippen molar-refractivity contribution < 1.29 is 36.6 Å². The maximum absolute atomic E-state index is 13.0. The molecule has 0 spiro atoms. The van der Waals surface area contributed by atoms with Crippen LogP contribution in [0.2, 0.25) is 0 Å². The number of hydrogen-bond acceptors (Lipinski definition) is 2. The highest BCUT2D eigenvalue weighted by atomic mass is 19.4. The van der Waals surface area contributed by atoms with Gasteiger partial charge in [0.2, 0.25) is 5.91 Å². The summed E-state index contributed by atoms with van der Waals surface area (Å²) < 4.78 is 62.4. The van der Waals surface area contributed by atoms with Crippen molar-refractivity contribution in [1.82, 2.24) is 5.32 Å². The Bertz CT molecular complexity index is 298. The fourth-order valence-corrected chi connectivity index (χ4v) is 1.21. The van der Waals surface area contributed by atoms with Gasteiger partial charge in [0, 0.05) is 19.9 Å². The fraction of sp³-hybridized carbons (Fsp3) is 0.778. The van der Waals surface area contributed by atoms with Gasteiger partial charge in [0.1, 0.15) is 0 Å². The Labute approximate surface area is 99.2 Å². The van der Waals surface area contributed by atoms with Crippen LogP contribution in [-0.2, 0) is 9.59 Å². The molecule has 106 valence electrons. The van der Waals surface area contributed by atoms with Crippen molar-refractivity contribution in [3.8, 4) is 0 Å². The summed E-state index contributed by atoms with van der Waals surface area (Å²) >= 11 is 0. The van der Waals surface area contributed by atoms with Gasteiger partial charge in [-0.15, -0.1) is 0 Å². The molecular formula is C9H12F5NO3. The summed E-state index contributed by atoms with van der Waals surface area (Å²) in [5.41, 5.74) is 0. The first-order valence-electron chi connectivity index (χ1n) is 4.89. The molecule has 9 heteroatoms.